The van der Waals surface area contributed by atoms with Gasteiger partial charge in [0.25, 0.3) is 0 Å². The molecule has 5 nitrogen and oxygen atoms in total. The third kappa shape index (κ3) is 3.30. The fraction of sp³-hybridized carbons (Fsp3) is 0.286. The van der Waals surface area contributed by atoms with E-state index >= 15 is 0 Å². The van der Waals surface area contributed by atoms with Crippen LogP contribution in [0, 0.1) is 5.92 Å². The quantitative estimate of drug-likeness (QED) is 0.940. The van der Waals surface area contributed by atoms with Crippen LogP contribution in [0.25, 0.3) is 11.3 Å². The molecule has 1 N–H and O–H groups in total. The predicted molar refractivity (Wildman–Crippen MR) is 82.9 cm³/mol. The lowest BCUT2D eigenvalue weighted by atomic mass is 10.1. The molecular formula is C14H14N2O3S2. The molecule has 0 bridgehead atoms. The van der Waals surface area contributed by atoms with Crippen molar-refractivity contribution in [3.8, 4) is 11.3 Å². The van der Waals surface area contributed by atoms with E-state index in [0.29, 0.717) is 11.4 Å². The highest BCUT2D eigenvalue weighted by Gasteiger charge is 2.33. The van der Waals surface area contributed by atoms with Crippen molar-refractivity contribution in [3.05, 3.63) is 36.4 Å². The summed E-state index contributed by atoms with van der Waals surface area (Å²) in [6.45, 7) is 0. The minimum atomic E-state index is -3.04. The van der Waals surface area contributed by atoms with E-state index in [1.807, 2.05) is 30.3 Å². The van der Waals surface area contributed by atoms with Crippen LogP contribution in [0.3, 0.4) is 0 Å². The molecule has 1 aromatic carbocycles. The second-order valence-electron chi connectivity index (χ2n) is 5.03. The Balaban J connectivity index is 1.69. The molecule has 1 fully saturated rings. The highest BCUT2D eigenvalue weighted by Crippen LogP contribution is 2.27. The van der Waals surface area contributed by atoms with E-state index in [2.05, 4.69) is 9.69 Å². The molecule has 0 saturated carbocycles. The summed E-state index contributed by atoms with van der Waals surface area (Å²) in [4.78, 5) is 12.1. The van der Waals surface area contributed by atoms with Crippen LogP contribution >= 0.6 is 11.5 Å². The molecule has 1 atom stereocenters. The van der Waals surface area contributed by atoms with Gasteiger partial charge in [0.2, 0.25) is 5.91 Å². The molecule has 0 unspecified atom stereocenters. The summed E-state index contributed by atoms with van der Waals surface area (Å²) < 4.78 is 27.1. The van der Waals surface area contributed by atoms with Crippen LogP contribution < -0.4 is 5.32 Å². The van der Waals surface area contributed by atoms with Gasteiger partial charge in [0.1, 0.15) is 5.00 Å². The third-order valence-electron chi connectivity index (χ3n) is 3.43. The first-order valence-electron chi connectivity index (χ1n) is 6.57. The van der Waals surface area contributed by atoms with Gasteiger partial charge in [-0.1, -0.05) is 30.3 Å². The third-order valence-corrected chi connectivity index (χ3v) is 5.90. The molecule has 3 rings (SSSR count). The van der Waals surface area contributed by atoms with Gasteiger partial charge in [-0.3, -0.25) is 4.79 Å². The van der Waals surface area contributed by atoms with Crippen molar-refractivity contribution in [2.45, 2.75) is 6.42 Å². The number of anilines is 1. The van der Waals surface area contributed by atoms with E-state index in [-0.39, 0.29) is 17.4 Å². The highest BCUT2D eigenvalue weighted by atomic mass is 32.2. The Labute approximate surface area is 127 Å². The summed E-state index contributed by atoms with van der Waals surface area (Å²) in [5.74, 6) is -0.636. The van der Waals surface area contributed by atoms with E-state index in [0.717, 1.165) is 11.3 Å². The Morgan fingerprint density at radius 1 is 1.29 bits per heavy atom. The van der Waals surface area contributed by atoms with Crippen molar-refractivity contribution in [2.24, 2.45) is 5.92 Å². The number of nitrogens with one attached hydrogen (secondary N) is 1. The maximum Gasteiger partial charge on any atom is 0.229 e. The first kappa shape index (κ1) is 14.2. The highest BCUT2D eigenvalue weighted by molar-refractivity contribution is 7.91. The van der Waals surface area contributed by atoms with Crippen LogP contribution in [0.1, 0.15) is 6.42 Å². The summed E-state index contributed by atoms with van der Waals surface area (Å²) in [5.41, 5.74) is 1.78. The van der Waals surface area contributed by atoms with Gasteiger partial charge >= 0.3 is 0 Å². The average Bonchev–Trinajstić information content (AvgIpc) is 3.06. The SMILES string of the molecule is O=C(Nc1cc(-c2ccccc2)ns1)[C@H]1CCS(=O)(=O)C1. The number of hydrogen-bond acceptors (Lipinski definition) is 5. The zero-order chi connectivity index (χ0) is 14.9. The van der Waals surface area contributed by atoms with Gasteiger partial charge in [-0.05, 0) is 18.0 Å². The minimum absolute atomic E-state index is 0.0524. The van der Waals surface area contributed by atoms with Crippen LogP contribution in [-0.4, -0.2) is 30.2 Å². The van der Waals surface area contributed by atoms with E-state index in [1.165, 1.54) is 11.5 Å². The van der Waals surface area contributed by atoms with Crippen LogP contribution in [-0.2, 0) is 14.6 Å². The Morgan fingerprint density at radius 2 is 2.05 bits per heavy atom. The van der Waals surface area contributed by atoms with Crippen molar-refractivity contribution in [1.29, 1.82) is 0 Å². The molecule has 110 valence electrons. The van der Waals surface area contributed by atoms with Gasteiger partial charge in [-0.15, -0.1) is 0 Å². The lowest BCUT2D eigenvalue weighted by molar-refractivity contribution is -0.119. The molecule has 0 radical (unpaired) electrons. The zero-order valence-electron chi connectivity index (χ0n) is 11.2. The standard InChI is InChI=1S/C14H14N2O3S2/c17-14(11-6-7-21(18,19)9-11)15-13-8-12(16-20-13)10-4-2-1-3-5-10/h1-5,8,11H,6-7,9H2,(H,15,17)/t11-/m0/s1. The fourth-order valence-electron chi connectivity index (χ4n) is 2.30. The Morgan fingerprint density at radius 3 is 2.71 bits per heavy atom. The Bertz CT molecular complexity index is 754. The summed E-state index contributed by atoms with van der Waals surface area (Å²) in [7, 11) is -3.04. The first-order valence-corrected chi connectivity index (χ1v) is 9.16. The number of aromatic nitrogens is 1. The van der Waals surface area contributed by atoms with Gasteiger partial charge in [-0.25, -0.2) is 8.42 Å². The zero-order valence-corrected chi connectivity index (χ0v) is 12.8. The lowest BCUT2D eigenvalue weighted by Gasteiger charge is -2.06. The number of sulfone groups is 1. The number of hydrogen-bond donors (Lipinski definition) is 1. The van der Waals surface area contributed by atoms with E-state index < -0.39 is 15.8 Å². The van der Waals surface area contributed by atoms with E-state index in [1.54, 1.807) is 6.07 Å². The first-order chi connectivity index (χ1) is 10.0. The fourth-order valence-corrected chi connectivity index (χ4v) is 4.71. The van der Waals surface area contributed by atoms with E-state index in [9.17, 15) is 13.2 Å². The normalized spacial score (nSPS) is 20.3. The number of amides is 1. The van der Waals surface area contributed by atoms with Gasteiger partial charge in [0, 0.05) is 11.6 Å². The molecule has 7 heteroatoms. The molecule has 0 aliphatic carbocycles. The van der Waals surface area contributed by atoms with Crippen LogP contribution in [0.4, 0.5) is 5.00 Å². The van der Waals surface area contributed by atoms with Crippen LogP contribution in [0.15, 0.2) is 36.4 Å². The second kappa shape index (κ2) is 5.57. The van der Waals surface area contributed by atoms with Gasteiger partial charge < -0.3 is 5.32 Å². The largest absolute Gasteiger partial charge is 0.316 e. The molecule has 1 aliphatic heterocycles. The van der Waals surface area contributed by atoms with Gasteiger partial charge in [0.15, 0.2) is 9.84 Å². The predicted octanol–water partition coefficient (Wildman–Crippen LogP) is 2.18. The average molecular weight is 322 g/mol. The second-order valence-corrected chi connectivity index (χ2v) is 8.07. The van der Waals surface area contributed by atoms with Gasteiger partial charge in [0.05, 0.1) is 23.1 Å². The number of nitrogens with zero attached hydrogens (tertiary/aromatic N) is 1. The number of benzene rings is 1. The summed E-state index contributed by atoms with van der Waals surface area (Å²) in [5, 5.41) is 3.41. The Hall–Kier alpha value is -1.73. The van der Waals surface area contributed by atoms with Crippen LogP contribution in [0.2, 0.25) is 0 Å². The Kier molecular flexibility index (Phi) is 3.77. The maximum absolute atomic E-state index is 12.1. The number of carbonyl (C=O) groups excluding carboxylic acids is 1. The molecule has 1 aliphatic rings. The van der Waals surface area contributed by atoms with Crippen molar-refractivity contribution in [3.63, 3.8) is 0 Å². The van der Waals surface area contributed by atoms with Crippen molar-refractivity contribution in [1.82, 2.24) is 4.37 Å². The lowest BCUT2D eigenvalue weighted by Crippen LogP contribution is -2.23. The van der Waals surface area contributed by atoms with Gasteiger partial charge in [-0.2, -0.15) is 4.37 Å². The molecule has 2 aromatic rings. The monoisotopic (exact) mass is 322 g/mol. The van der Waals surface area contributed by atoms with E-state index in [4.69, 9.17) is 0 Å². The van der Waals surface area contributed by atoms with Crippen molar-refractivity contribution in [2.75, 3.05) is 16.8 Å². The number of rotatable bonds is 3. The summed E-state index contributed by atoms with van der Waals surface area (Å²) in [6.07, 6.45) is 0.401. The minimum Gasteiger partial charge on any atom is -0.316 e. The molecule has 1 saturated heterocycles. The molecule has 21 heavy (non-hydrogen) atoms. The number of carbonyl (C=O) groups is 1. The molecule has 0 spiro atoms. The molecule has 1 amide bonds. The summed E-state index contributed by atoms with van der Waals surface area (Å²) in [6, 6.07) is 11.5. The maximum atomic E-state index is 12.1. The molecule has 1 aromatic heterocycles. The summed E-state index contributed by atoms with van der Waals surface area (Å²) >= 11 is 1.20. The van der Waals surface area contributed by atoms with Crippen LogP contribution in [0.5, 0.6) is 0 Å². The topological polar surface area (TPSA) is 76.1 Å². The van der Waals surface area contributed by atoms with Crippen molar-refractivity contribution < 1.29 is 13.2 Å². The smallest absolute Gasteiger partial charge is 0.229 e. The molecule has 2 heterocycles. The van der Waals surface area contributed by atoms with Crippen molar-refractivity contribution >= 4 is 32.3 Å². The molecular weight excluding hydrogens is 308 g/mol.